The van der Waals surface area contributed by atoms with Crippen molar-refractivity contribution in [2.24, 2.45) is 17.8 Å². The minimum atomic E-state index is 0.686. The monoisotopic (exact) mass is 271 g/mol. The number of nitrogen functional groups attached to an aromatic ring is 1. The fourth-order valence-corrected chi connectivity index (χ4v) is 4.15. The molecule has 1 aromatic heterocycles. The van der Waals surface area contributed by atoms with Crippen molar-refractivity contribution in [1.29, 1.82) is 0 Å². The van der Waals surface area contributed by atoms with E-state index >= 15 is 0 Å². The second-order valence-electron chi connectivity index (χ2n) is 6.51. The van der Waals surface area contributed by atoms with Crippen molar-refractivity contribution in [1.82, 2.24) is 4.98 Å². The standard InChI is InChI=1S/C16H21N3O/c1-19(9-12-8-10-5-6-11(12)7-10)16-18-15-13(17)3-2-4-14(15)20-16/h2-4,10-12H,5-9,17H2,1H3. The minimum Gasteiger partial charge on any atom is -0.423 e. The summed E-state index contributed by atoms with van der Waals surface area (Å²) < 4.78 is 5.84. The van der Waals surface area contributed by atoms with Crippen LogP contribution >= 0.6 is 0 Å². The van der Waals surface area contributed by atoms with E-state index in [0.29, 0.717) is 11.7 Å². The van der Waals surface area contributed by atoms with E-state index in [1.165, 1.54) is 25.7 Å². The fraction of sp³-hybridized carbons (Fsp3) is 0.562. The Balaban J connectivity index is 1.55. The number of aromatic nitrogens is 1. The van der Waals surface area contributed by atoms with E-state index in [9.17, 15) is 0 Å². The molecule has 3 unspecified atom stereocenters. The van der Waals surface area contributed by atoms with Crippen LogP contribution in [0.2, 0.25) is 0 Å². The number of anilines is 2. The SMILES string of the molecule is CN(CC1CC2CCC1C2)c1nc2c(N)cccc2o1. The van der Waals surface area contributed by atoms with Gasteiger partial charge in [-0.25, -0.2) is 0 Å². The molecule has 2 aromatic rings. The zero-order chi connectivity index (χ0) is 13.7. The van der Waals surface area contributed by atoms with Gasteiger partial charge in [0.1, 0.15) is 5.52 Å². The maximum Gasteiger partial charge on any atom is 0.298 e. The van der Waals surface area contributed by atoms with E-state index in [-0.39, 0.29) is 0 Å². The van der Waals surface area contributed by atoms with Crippen molar-refractivity contribution < 1.29 is 4.42 Å². The molecule has 1 aromatic carbocycles. The lowest BCUT2D eigenvalue weighted by atomic mass is 9.88. The van der Waals surface area contributed by atoms with E-state index in [4.69, 9.17) is 10.2 Å². The van der Waals surface area contributed by atoms with Gasteiger partial charge in [0.25, 0.3) is 6.01 Å². The molecule has 1 heterocycles. The van der Waals surface area contributed by atoms with Crippen molar-refractivity contribution in [3.8, 4) is 0 Å². The summed E-state index contributed by atoms with van der Waals surface area (Å²) in [5.41, 5.74) is 8.19. The van der Waals surface area contributed by atoms with Crippen molar-refractivity contribution in [3.63, 3.8) is 0 Å². The van der Waals surface area contributed by atoms with Gasteiger partial charge < -0.3 is 15.1 Å². The molecule has 4 rings (SSSR count). The Hall–Kier alpha value is -1.71. The third kappa shape index (κ3) is 1.86. The average molecular weight is 271 g/mol. The molecule has 2 N–H and O–H groups in total. The van der Waals surface area contributed by atoms with E-state index in [1.54, 1.807) is 0 Å². The molecule has 20 heavy (non-hydrogen) atoms. The van der Waals surface area contributed by atoms with Crippen LogP contribution in [0.25, 0.3) is 11.1 Å². The lowest BCUT2D eigenvalue weighted by Gasteiger charge is -2.26. The van der Waals surface area contributed by atoms with Gasteiger partial charge in [0, 0.05) is 13.6 Å². The Morgan fingerprint density at radius 2 is 2.25 bits per heavy atom. The summed E-state index contributed by atoms with van der Waals surface area (Å²) in [6.07, 6.45) is 5.70. The van der Waals surface area contributed by atoms with Gasteiger partial charge in [-0.05, 0) is 49.1 Å². The number of nitrogens with zero attached hydrogens (tertiary/aromatic N) is 2. The Bertz CT molecular complexity index is 636. The van der Waals surface area contributed by atoms with Gasteiger partial charge in [-0.2, -0.15) is 4.98 Å². The van der Waals surface area contributed by atoms with Crippen LogP contribution in [0.1, 0.15) is 25.7 Å². The molecular weight excluding hydrogens is 250 g/mol. The van der Waals surface area contributed by atoms with Crippen LogP contribution in [0.4, 0.5) is 11.7 Å². The first-order chi connectivity index (χ1) is 9.70. The normalized spacial score (nSPS) is 28.4. The molecule has 0 saturated heterocycles. The highest BCUT2D eigenvalue weighted by molar-refractivity contribution is 5.86. The minimum absolute atomic E-state index is 0.686. The van der Waals surface area contributed by atoms with Gasteiger partial charge in [0.05, 0.1) is 5.69 Å². The van der Waals surface area contributed by atoms with Crippen molar-refractivity contribution in [3.05, 3.63) is 18.2 Å². The molecule has 106 valence electrons. The summed E-state index contributed by atoms with van der Waals surface area (Å²) in [4.78, 5) is 6.71. The van der Waals surface area contributed by atoms with Crippen molar-refractivity contribution in [2.45, 2.75) is 25.7 Å². The summed E-state index contributed by atoms with van der Waals surface area (Å²) >= 11 is 0. The van der Waals surface area contributed by atoms with E-state index in [0.717, 1.165) is 35.4 Å². The molecule has 0 amide bonds. The highest BCUT2D eigenvalue weighted by Gasteiger charge is 2.40. The summed E-state index contributed by atoms with van der Waals surface area (Å²) in [6.45, 7) is 1.05. The lowest BCUT2D eigenvalue weighted by Crippen LogP contribution is -2.28. The average Bonchev–Trinajstić information content (AvgIpc) is 3.12. The third-order valence-corrected chi connectivity index (χ3v) is 5.16. The molecule has 2 saturated carbocycles. The number of para-hydroxylation sites is 1. The fourth-order valence-electron chi connectivity index (χ4n) is 4.15. The predicted octanol–water partition coefficient (Wildman–Crippen LogP) is 3.28. The topological polar surface area (TPSA) is 55.3 Å². The highest BCUT2D eigenvalue weighted by Crippen LogP contribution is 2.48. The van der Waals surface area contributed by atoms with Crippen LogP contribution in [-0.4, -0.2) is 18.6 Å². The van der Waals surface area contributed by atoms with E-state index < -0.39 is 0 Å². The van der Waals surface area contributed by atoms with Crippen LogP contribution in [-0.2, 0) is 0 Å². The van der Waals surface area contributed by atoms with Crippen LogP contribution in [0.15, 0.2) is 22.6 Å². The van der Waals surface area contributed by atoms with Gasteiger partial charge in [-0.15, -0.1) is 0 Å². The Labute approximate surface area is 118 Å². The predicted molar refractivity (Wildman–Crippen MR) is 80.6 cm³/mol. The summed E-state index contributed by atoms with van der Waals surface area (Å²) in [7, 11) is 2.08. The summed E-state index contributed by atoms with van der Waals surface area (Å²) in [6, 6.07) is 6.39. The van der Waals surface area contributed by atoms with Gasteiger partial charge in [-0.3, -0.25) is 0 Å². The van der Waals surface area contributed by atoms with Gasteiger partial charge in [0.2, 0.25) is 0 Å². The number of hydrogen-bond acceptors (Lipinski definition) is 4. The lowest BCUT2D eigenvalue weighted by molar-refractivity contribution is 0.333. The zero-order valence-corrected chi connectivity index (χ0v) is 11.9. The number of nitrogens with two attached hydrogens (primary N) is 1. The quantitative estimate of drug-likeness (QED) is 0.870. The smallest absolute Gasteiger partial charge is 0.298 e. The Kier molecular flexibility index (Phi) is 2.65. The Morgan fingerprint density at radius 1 is 1.35 bits per heavy atom. The number of rotatable bonds is 3. The van der Waals surface area contributed by atoms with Gasteiger partial charge in [0.15, 0.2) is 5.58 Å². The van der Waals surface area contributed by atoms with Gasteiger partial charge >= 0.3 is 0 Å². The number of hydrogen-bond donors (Lipinski definition) is 1. The molecule has 4 nitrogen and oxygen atoms in total. The highest BCUT2D eigenvalue weighted by atomic mass is 16.4. The number of oxazole rings is 1. The molecule has 2 aliphatic carbocycles. The molecule has 3 atom stereocenters. The van der Waals surface area contributed by atoms with E-state index in [1.807, 2.05) is 18.2 Å². The maximum atomic E-state index is 5.94. The van der Waals surface area contributed by atoms with Crippen molar-refractivity contribution in [2.75, 3.05) is 24.2 Å². The van der Waals surface area contributed by atoms with Crippen LogP contribution in [0, 0.1) is 17.8 Å². The second-order valence-corrected chi connectivity index (χ2v) is 6.51. The molecule has 2 bridgehead atoms. The molecule has 4 heteroatoms. The molecule has 0 aliphatic heterocycles. The summed E-state index contributed by atoms with van der Waals surface area (Å²) in [5.74, 6) is 2.72. The first-order valence-corrected chi connectivity index (χ1v) is 7.57. The van der Waals surface area contributed by atoms with Gasteiger partial charge in [-0.1, -0.05) is 12.5 Å². The van der Waals surface area contributed by atoms with Crippen molar-refractivity contribution >= 4 is 22.8 Å². The molecule has 2 fully saturated rings. The first kappa shape index (κ1) is 12.1. The Morgan fingerprint density at radius 3 is 2.95 bits per heavy atom. The summed E-state index contributed by atoms with van der Waals surface area (Å²) in [5, 5.41) is 0. The second kappa shape index (κ2) is 4.40. The molecular formula is C16H21N3O. The number of benzene rings is 1. The molecule has 2 aliphatic rings. The largest absolute Gasteiger partial charge is 0.423 e. The van der Waals surface area contributed by atoms with Crippen LogP contribution in [0.5, 0.6) is 0 Å². The number of fused-ring (bicyclic) bond motifs is 3. The van der Waals surface area contributed by atoms with E-state index in [2.05, 4.69) is 16.9 Å². The van der Waals surface area contributed by atoms with Crippen LogP contribution < -0.4 is 10.6 Å². The molecule has 0 spiro atoms. The first-order valence-electron chi connectivity index (χ1n) is 7.57. The molecule has 0 radical (unpaired) electrons. The maximum absolute atomic E-state index is 5.94. The zero-order valence-electron chi connectivity index (χ0n) is 11.9. The third-order valence-electron chi connectivity index (χ3n) is 5.16. The van der Waals surface area contributed by atoms with Crippen LogP contribution in [0.3, 0.4) is 0 Å².